The molecule has 0 aromatic rings. The summed E-state index contributed by atoms with van der Waals surface area (Å²) < 4.78 is 0. The number of hydrogen-bond donors (Lipinski definition) is 2. The lowest BCUT2D eigenvalue weighted by atomic mass is 9.83. The minimum atomic E-state index is -0.832. The molecule has 2 atom stereocenters. The van der Waals surface area contributed by atoms with Crippen molar-refractivity contribution < 1.29 is 14.7 Å². The van der Waals surface area contributed by atoms with Gasteiger partial charge in [0.15, 0.2) is 0 Å². The first-order valence-electron chi connectivity index (χ1n) is 6.64. The first-order valence-corrected chi connectivity index (χ1v) is 6.64. The highest BCUT2D eigenvalue weighted by atomic mass is 16.4. The Labute approximate surface area is 103 Å². The molecule has 1 aliphatic rings. The summed E-state index contributed by atoms with van der Waals surface area (Å²) in [6.45, 7) is 2.17. The van der Waals surface area contributed by atoms with Gasteiger partial charge in [-0.15, -0.1) is 0 Å². The van der Waals surface area contributed by atoms with Crippen LogP contribution in [0.15, 0.2) is 0 Å². The highest BCUT2D eigenvalue weighted by Gasteiger charge is 2.24. The van der Waals surface area contributed by atoms with Gasteiger partial charge in [-0.2, -0.15) is 0 Å². The number of carbonyl (C=O) groups is 2. The van der Waals surface area contributed by atoms with Crippen LogP contribution >= 0.6 is 0 Å². The number of carbonyl (C=O) groups excluding carboxylic acids is 1. The Morgan fingerprint density at radius 3 is 2.59 bits per heavy atom. The van der Waals surface area contributed by atoms with E-state index in [1.165, 1.54) is 19.3 Å². The molecule has 1 rings (SSSR count). The molecule has 0 radical (unpaired) electrons. The zero-order valence-corrected chi connectivity index (χ0v) is 10.6. The number of hydrogen-bond acceptors (Lipinski definition) is 2. The first-order chi connectivity index (χ1) is 8.13. The van der Waals surface area contributed by atoms with E-state index >= 15 is 0 Å². The fraction of sp³-hybridized carbons (Fsp3) is 0.846. The van der Waals surface area contributed by atoms with Gasteiger partial charge >= 0.3 is 5.97 Å². The maximum atomic E-state index is 11.7. The largest absolute Gasteiger partial charge is 0.481 e. The van der Waals surface area contributed by atoms with Crippen molar-refractivity contribution in [3.8, 4) is 0 Å². The van der Waals surface area contributed by atoms with Gasteiger partial charge in [0.2, 0.25) is 5.91 Å². The van der Waals surface area contributed by atoms with Crippen molar-refractivity contribution in [2.75, 3.05) is 0 Å². The molecule has 0 bridgehead atoms. The van der Waals surface area contributed by atoms with Crippen LogP contribution in [-0.4, -0.2) is 23.0 Å². The summed E-state index contributed by atoms with van der Waals surface area (Å²) in [7, 11) is 0. The van der Waals surface area contributed by atoms with E-state index in [0.717, 1.165) is 12.8 Å². The van der Waals surface area contributed by atoms with Crippen LogP contribution in [0.1, 0.15) is 58.3 Å². The van der Waals surface area contributed by atoms with E-state index in [1.807, 2.05) is 0 Å². The van der Waals surface area contributed by atoms with Crippen LogP contribution in [0.4, 0.5) is 0 Å². The number of rotatable bonds is 6. The van der Waals surface area contributed by atoms with Gasteiger partial charge in [0.05, 0.1) is 0 Å². The summed E-state index contributed by atoms with van der Waals surface area (Å²) in [5, 5.41) is 11.6. The molecule has 1 aliphatic carbocycles. The molecule has 1 amide bonds. The van der Waals surface area contributed by atoms with Gasteiger partial charge in [0, 0.05) is 18.9 Å². The lowest BCUT2D eigenvalue weighted by Gasteiger charge is -2.31. The molecule has 2 N–H and O–H groups in total. The summed E-state index contributed by atoms with van der Waals surface area (Å²) in [6.07, 6.45) is 6.69. The smallest absolute Gasteiger partial charge is 0.303 e. The molecule has 98 valence electrons. The predicted molar refractivity (Wildman–Crippen MR) is 65.7 cm³/mol. The van der Waals surface area contributed by atoms with E-state index in [4.69, 9.17) is 5.11 Å². The van der Waals surface area contributed by atoms with E-state index in [1.54, 1.807) is 0 Å². The van der Waals surface area contributed by atoms with Crippen molar-refractivity contribution in [3.63, 3.8) is 0 Å². The predicted octanol–water partition coefficient (Wildman–Crippen LogP) is 2.33. The van der Waals surface area contributed by atoms with Crippen LogP contribution in [0.2, 0.25) is 0 Å². The number of nitrogens with one attached hydrogen (secondary N) is 1. The third-order valence-corrected chi connectivity index (χ3v) is 3.57. The van der Waals surface area contributed by atoms with E-state index < -0.39 is 5.97 Å². The van der Waals surface area contributed by atoms with Crippen LogP contribution in [0, 0.1) is 5.92 Å². The summed E-state index contributed by atoms with van der Waals surface area (Å²) in [6, 6.07) is 0.311. The monoisotopic (exact) mass is 241 g/mol. The molecule has 0 saturated heterocycles. The van der Waals surface area contributed by atoms with Gasteiger partial charge < -0.3 is 10.4 Å². The van der Waals surface area contributed by atoms with Gasteiger partial charge in [-0.05, 0) is 25.2 Å². The molecule has 0 aromatic heterocycles. The molecule has 0 aliphatic heterocycles. The second kappa shape index (κ2) is 7.30. The Bertz CT molecular complexity index is 265. The molecule has 17 heavy (non-hydrogen) atoms. The Morgan fingerprint density at radius 1 is 1.24 bits per heavy atom. The highest BCUT2D eigenvalue weighted by Crippen LogP contribution is 2.26. The molecule has 0 heterocycles. The van der Waals surface area contributed by atoms with Gasteiger partial charge in [0.25, 0.3) is 0 Å². The number of carboxylic acid groups (broad SMARTS) is 1. The SMILES string of the molecule is CCC1CCCCC1NC(=O)CCCC(=O)O. The molecule has 2 unspecified atom stereocenters. The average molecular weight is 241 g/mol. The summed E-state index contributed by atoms with van der Waals surface area (Å²) in [5.41, 5.74) is 0. The van der Waals surface area contributed by atoms with E-state index in [-0.39, 0.29) is 12.3 Å². The first kappa shape index (κ1) is 14.0. The normalized spacial score (nSPS) is 24.3. The Hall–Kier alpha value is -1.06. The third kappa shape index (κ3) is 5.20. The number of carboxylic acids is 1. The topological polar surface area (TPSA) is 66.4 Å². The average Bonchev–Trinajstić information content (AvgIpc) is 2.29. The van der Waals surface area contributed by atoms with Crippen LogP contribution in [0.3, 0.4) is 0 Å². The quantitative estimate of drug-likeness (QED) is 0.750. The Morgan fingerprint density at radius 2 is 1.94 bits per heavy atom. The molecule has 0 spiro atoms. The Kier molecular flexibility index (Phi) is 6.01. The van der Waals surface area contributed by atoms with Gasteiger partial charge in [-0.25, -0.2) is 0 Å². The Balaban J connectivity index is 2.26. The zero-order valence-electron chi connectivity index (χ0n) is 10.6. The maximum absolute atomic E-state index is 11.7. The van der Waals surface area contributed by atoms with E-state index in [9.17, 15) is 9.59 Å². The molecule has 1 saturated carbocycles. The van der Waals surface area contributed by atoms with E-state index in [0.29, 0.717) is 24.8 Å². The van der Waals surface area contributed by atoms with Crippen LogP contribution in [0.25, 0.3) is 0 Å². The number of aliphatic carboxylic acids is 1. The fourth-order valence-corrected chi connectivity index (χ4v) is 2.57. The van der Waals surface area contributed by atoms with Crippen molar-refractivity contribution in [2.24, 2.45) is 5.92 Å². The summed E-state index contributed by atoms with van der Waals surface area (Å²) >= 11 is 0. The molecule has 4 heteroatoms. The molecule has 0 aromatic carbocycles. The van der Waals surface area contributed by atoms with Crippen molar-refractivity contribution >= 4 is 11.9 Å². The zero-order chi connectivity index (χ0) is 12.7. The minimum absolute atomic E-state index is 0.0107. The summed E-state index contributed by atoms with van der Waals surface area (Å²) in [5.74, 6) is -0.217. The minimum Gasteiger partial charge on any atom is -0.481 e. The molecular formula is C13H23NO3. The summed E-state index contributed by atoms with van der Waals surface area (Å²) in [4.78, 5) is 22.0. The molecule has 4 nitrogen and oxygen atoms in total. The maximum Gasteiger partial charge on any atom is 0.303 e. The lowest BCUT2D eigenvalue weighted by Crippen LogP contribution is -2.41. The standard InChI is InChI=1S/C13H23NO3/c1-2-10-6-3-4-7-11(10)14-12(15)8-5-9-13(16)17/h10-11H,2-9H2,1H3,(H,14,15)(H,16,17). The second-order valence-corrected chi connectivity index (χ2v) is 4.87. The van der Waals surface area contributed by atoms with Gasteiger partial charge in [-0.1, -0.05) is 26.2 Å². The molecule has 1 fully saturated rings. The van der Waals surface area contributed by atoms with Crippen LogP contribution < -0.4 is 5.32 Å². The van der Waals surface area contributed by atoms with Crippen LogP contribution in [0.5, 0.6) is 0 Å². The van der Waals surface area contributed by atoms with E-state index in [2.05, 4.69) is 12.2 Å². The number of amides is 1. The second-order valence-electron chi connectivity index (χ2n) is 4.87. The van der Waals surface area contributed by atoms with Crippen LogP contribution in [-0.2, 0) is 9.59 Å². The fourth-order valence-electron chi connectivity index (χ4n) is 2.57. The van der Waals surface area contributed by atoms with Gasteiger partial charge in [-0.3, -0.25) is 9.59 Å². The molecular weight excluding hydrogens is 218 g/mol. The highest BCUT2D eigenvalue weighted by molar-refractivity contribution is 5.77. The third-order valence-electron chi connectivity index (χ3n) is 3.57. The van der Waals surface area contributed by atoms with Crippen molar-refractivity contribution in [2.45, 2.75) is 64.3 Å². The van der Waals surface area contributed by atoms with Crippen molar-refractivity contribution in [1.29, 1.82) is 0 Å². The lowest BCUT2D eigenvalue weighted by molar-refractivity contribution is -0.137. The van der Waals surface area contributed by atoms with Crippen molar-refractivity contribution in [1.82, 2.24) is 5.32 Å². The van der Waals surface area contributed by atoms with Crippen molar-refractivity contribution in [3.05, 3.63) is 0 Å². The van der Waals surface area contributed by atoms with Gasteiger partial charge in [0.1, 0.15) is 0 Å².